The Kier molecular flexibility index (Phi) is 7.10. The van der Waals surface area contributed by atoms with Crippen LogP contribution in [-0.4, -0.2) is 38.4 Å². The first kappa shape index (κ1) is 16.2. The summed E-state index contributed by atoms with van der Waals surface area (Å²) in [6, 6.07) is 0. The topological polar surface area (TPSA) is 50.9 Å². The third-order valence-corrected chi connectivity index (χ3v) is 3.44. The number of nitrogens with one attached hydrogen (secondary N) is 1. The van der Waals surface area contributed by atoms with E-state index in [2.05, 4.69) is 26.1 Å². The lowest BCUT2D eigenvalue weighted by atomic mass is 9.95. The van der Waals surface area contributed by atoms with E-state index in [9.17, 15) is 4.79 Å². The van der Waals surface area contributed by atoms with Crippen LogP contribution >= 0.6 is 0 Å². The number of methoxy groups -OCH3 is 1. The highest BCUT2D eigenvalue weighted by Crippen LogP contribution is 2.36. The predicted molar refractivity (Wildman–Crippen MR) is 75.9 cm³/mol. The van der Waals surface area contributed by atoms with Gasteiger partial charge in [-0.1, -0.05) is 26.8 Å². The van der Waals surface area contributed by atoms with Crippen molar-refractivity contribution in [3.05, 3.63) is 12.2 Å². The van der Waals surface area contributed by atoms with Crippen molar-refractivity contribution in [1.29, 1.82) is 0 Å². The van der Waals surface area contributed by atoms with Crippen LogP contribution in [0.15, 0.2) is 12.2 Å². The SMILES string of the molecule is COCCNC(=O)C=CCCC(C)C1OC1C(C)C. The molecule has 1 N–H and O–H groups in total. The molecule has 1 heterocycles. The van der Waals surface area contributed by atoms with Crippen molar-refractivity contribution in [3.8, 4) is 0 Å². The average Bonchev–Trinajstić information content (AvgIpc) is 3.15. The largest absolute Gasteiger partial charge is 0.383 e. The Bertz CT molecular complexity index is 302. The maximum Gasteiger partial charge on any atom is 0.243 e. The Morgan fingerprint density at radius 1 is 1.37 bits per heavy atom. The van der Waals surface area contributed by atoms with Crippen LogP contribution in [0.25, 0.3) is 0 Å². The number of hydrogen-bond acceptors (Lipinski definition) is 3. The van der Waals surface area contributed by atoms with Gasteiger partial charge in [0.15, 0.2) is 0 Å². The van der Waals surface area contributed by atoms with Crippen LogP contribution in [0.4, 0.5) is 0 Å². The summed E-state index contributed by atoms with van der Waals surface area (Å²) in [6.45, 7) is 7.72. The monoisotopic (exact) mass is 269 g/mol. The van der Waals surface area contributed by atoms with E-state index in [4.69, 9.17) is 9.47 Å². The zero-order chi connectivity index (χ0) is 14.3. The summed E-state index contributed by atoms with van der Waals surface area (Å²) in [5.74, 6) is 1.12. The zero-order valence-electron chi connectivity index (χ0n) is 12.5. The summed E-state index contributed by atoms with van der Waals surface area (Å²) in [6.07, 6.45) is 6.39. The number of hydrogen-bond donors (Lipinski definition) is 1. The first-order valence-electron chi connectivity index (χ1n) is 7.15. The Balaban J connectivity index is 2.08. The molecule has 0 aromatic rings. The van der Waals surface area contributed by atoms with E-state index in [1.807, 2.05) is 6.08 Å². The third kappa shape index (κ3) is 6.21. The van der Waals surface area contributed by atoms with Gasteiger partial charge in [0, 0.05) is 13.7 Å². The fourth-order valence-corrected chi connectivity index (χ4v) is 2.18. The van der Waals surface area contributed by atoms with E-state index >= 15 is 0 Å². The van der Waals surface area contributed by atoms with E-state index in [0.29, 0.717) is 37.2 Å². The molecule has 1 rings (SSSR count). The van der Waals surface area contributed by atoms with Gasteiger partial charge in [0.05, 0.1) is 18.8 Å². The van der Waals surface area contributed by atoms with Gasteiger partial charge in [0.2, 0.25) is 5.91 Å². The Morgan fingerprint density at radius 3 is 2.68 bits per heavy atom. The molecule has 1 amide bonds. The molecule has 1 saturated heterocycles. The standard InChI is InChI=1S/C15H27NO3/c1-11(2)14-15(19-14)12(3)7-5-6-8-13(17)16-9-10-18-4/h6,8,11-12,14-15H,5,7,9-10H2,1-4H3,(H,16,17). The van der Waals surface area contributed by atoms with Crippen molar-refractivity contribution >= 4 is 5.91 Å². The van der Waals surface area contributed by atoms with Crippen LogP contribution < -0.4 is 5.32 Å². The van der Waals surface area contributed by atoms with Crippen molar-refractivity contribution < 1.29 is 14.3 Å². The molecule has 0 aromatic carbocycles. The van der Waals surface area contributed by atoms with E-state index in [0.717, 1.165) is 12.8 Å². The molecule has 110 valence electrons. The van der Waals surface area contributed by atoms with Crippen molar-refractivity contribution in [1.82, 2.24) is 5.32 Å². The first-order chi connectivity index (χ1) is 9.06. The predicted octanol–water partition coefficient (Wildman–Crippen LogP) is 2.14. The van der Waals surface area contributed by atoms with Gasteiger partial charge >= 0.3 is 0 Å². The second-order valence-corrected chi connectivity index (χ2v) is 5.55. The number of carbonyl (C=O) groups is 1. The number of rotatable bonds is 9. The summed E-state index contributed by atoms with van der Waals surface area (Å²) >= 11 is 0. The minimum Gasteiger partial charge on any atom is -0.383 e. The second kappa shape index (κ2) is 8.33. The van der Waals surface area contributed by atoms with Crippen LogP contribution in [0.2, 0.25) is 0 Å². The van der Waals surface area contributed by atoms with Crippen LogP contribution in [0.3, 0.4) is 0 Å². The quantitative estimate of drug-likeness (QED) is 0.396. The first-order valence-corrected chi connectivity index (χ1v) is 7.15. The van der Waals surface area contributed by atoms with Crippen LogP contribution in [0, 0.1) is 11.8 Å². The van der Waals surface area contributed by atoms with Gasteiger partial charge in [0.25, 0.3) is 0 Å². The van der Waals surface area contributed by atoms with Gasteiger partial charge < -0.3 is 14.8 Å². The molecule has 0 saturated carbocycles. The molecule has 4 nitrogen and oxygen atoms in total. The lowest BCUT2D eigenvalue weighted by Crippen LogP contribution is -2.24. The fraction of sp³-hybridized carbons (Fsp3) is 0.800. The van der Waals surface area contributed by atoms with Gasteiger partial charge in [-0.05, 0) is 30.8 Å². The van der Waals surface area contributed by atoms with Crippen LogP contribution in [-0.2, 0) is 14.3 Å². The number of amides is 1. The number of epoxide rings is 1. The highest BCUT2D eigenvalue weighted by Gasteiger charge is 2.43. The lowest BCUT2D eigenvalue weighted by Gasteiger charge is -2.06. The lowest BCUT2D eigenvalue weighted by molar-refractivity contribution is -0.116. The van der Waals surface area contributed by atoms with Gasteiger partial charge in [-0.3, -0.25) is 4.79 Å². The van der Waals surface area contributed by atoms with Crippen molar-refractivity contribution in [3.63, 3.8) is 0 Å². The van der Waals surface area contributed by atoms with E-state index in [-0.39, 0.29) is 5.91 Å². The minimum atomic E-state index is -0.0487. The average molecular weight is 269 g/mol. The van der Waals surface area contributed by atoms with Crippen molar-refractivity contribution in [2.45, 2.75) is 45.8 Å². The van der Waals surface area contributed by atoms with E-state index in [1.165, 1.54) is 0 Å². The van der Waals surface area contributed by atoms with E-state index < -0.39 is 0 Å². The maximum absolute atomic E-state index is 11.4. The van der Waals surface area contributed by atoms with Crippen molar-refractivity contribution in [2.75, 3.05) is 20.3 Å². The molecule has 0 aliphatic carbocycles. The Morgan fingerprint density at radius 2 is 2.11 bits per heavy atom. The van der Waals surface area contributed by atoms with Crippen LogP contribution in [0.5, 0.6) is 0 Å². The molecule has 0 spiro atoms. The molecule has 1 aliphatic rings. The third-order valence-electron chi connectivity index (χ3n) is 3.44. The highest BCUT2D eigenvalue weighted by molar-refractivity contribution is 5.87. The Labute approximate surface area is 116 Å². The van der Waals surface area contributed by atoms with Gasteiger partial charge in [0.1, 0.15) is 0 Å². The van der Waals surface area contributed by atoms with E-state index in [1.54, 1.807) is 13.2 Å². The second-order valence-electron chi connectivity index (χ2n) is 5.55. The highest BCUT2D eigenvalue weighted by atomic mass is 16.6. The zero-order valence-corrected chi connectivity index (χ0v) is 12.5. The molecule has 0 radical (unpaired) electrons. The molecule has 4 heteroatoms. The van der Waals surface area contributed by atoms with Gasteiger partial charge in [-0.25, -0.2) is 0 Å². The summed E-state index contributed by atoms with van der Waals surface area (Å²) in [5.41, 5.74) is 0. The molecule has 3 unspecified atom stereocenters. The molecule has 1 aliphatic heterocycles. The number of carbonyl (C=O) groups excluding carboxylic acids is 1. The summed E-state index contributed by atoms with van der Waals surface area (Å²) in [5, 5.41) is 2.75. The maximum atomic E-state index is 11.4. The molecule has 0 bridgehead atoms. The molecular formula is C15H27NO3. The molecular weight excluding hydrogens is 242 g/mol. The van der Waals surface area contributed by atoms with Gasteiger partial charge in [-0.2, -0.15) is 0 Å². The molecule has 1 fully saturated rings. The summed E-state index contributed by atoms with van der Waals surface area (Å²) in [4.78, 5) is 11.4. The molecule has 19 heavy (non-hydrogen) atoms. The van der Waals surface area contributed by atoms with Crippen molar-refractivity contribution in [2.24, 2.45) is 11.8 Å². The molecule has 0 aromatic heterocycles. The smallest absolute Gasteiger partial charge is 0.243 e. The summed E-state index contributed by atoms with van der Waals surface area (Å²) < 4.78 is 10.5. The molecule has 3 atom stereocenters. The van der Waals surface area contributed by atoms with Crippen LogP contribution in [0.1, 0.15) is 33.6 Å². The fourth-order valence-electron chi connectivity index (χ4n) is 2.18. The summed E-state index contributed by atoms with van der Waals surface area (Å²) in [7, 11) is 1.62. The minimum absolute atomic E-state index is 0.0487. The van der Waals surface area contributed by atoms with Gasteiger partial charge in [-0.15, -0.1) is 0 Å². The normalized spacial score (nSPS) is 23.8. The number of ether oxygens (including phenoxy) is 2. The number of allylic oxidation sites excluding steroid dienone is 1. The Hall–Kier alpha value is -0.870.